The van der Waals surface area contributed by atoms with E-state index >= 15 is 0 Å². The summed E-state index contributed by atoms with van der Waals surface area (Å²) >= 11 is 0. The molecule has 0 heterocycles. The standard InChI is InChI=1S/3C11H16O3S.C10H25N3/c3*1-3-9(4-2)10-5-7-11(8-6-10)15(12,13)14;1-12(2)9-5-7-11-8-6-10-13(3)4/h3*5-9H,3-4H2,1-2H3,(H,12,13,14);11H,5-10H2,1-4H3/p-1. The molecule has 12 nitrogen and oxygen atoms in total. The van der Waals surface area contributed by atoms with Gasteiger partial charge in [-0.15, -0.1) is 0 Å². The molecular formula is C43H72N3O9S3-. The Kier molecular flexibility index (Phi) is 27.3. The molecular weight excluding hydrogens is 799 g/mol. The number of nitrogens with one attached hydrogen (secondary N) is 3. The summed E-state index contributed by atoms with van der Waals surface area (Å²) < 4.78 is 96.3. The van der Waals surface area contributed by atoms with Crippen molar-refractivity contribution >= 4 is 30.4 Å². The Labute approximate surface area is 352 Å². The van der Waals surface area contributed by atoms with Crippen LogP contribution in [0.1, 0.15) is 127 Å². The molecule has 0 bridgehead atoms. The Morgan fingerprint density at radius 2 is 0.638 bits per heavy atom. The maximum atomic E-state index is 10.7. The fraction of sp³-hybridized carbons (Fsp3) is 0.581. The van der Waals surface area contributed by atoms with Crippen LogP contribution in [0, 0.1) is 0 Å². The predicted octanol–water partition coefficient (Wildman–Crippen LogP) is 5.13. The molecule has 0 aromatic heterocycles. The summed E-state index contributed by atoms with van der Waals surface area (Å²) in [5.74, 6) is 1.32. The molecule has 0 radical (unpaired) electrons. The first-order valence-electron chi connectivity index (χ1n) is 20.5. The van der Waals surface area contributed by atoms with Gasteiger partial charge in [-0.3, -0.25) is 0 Å². The molecule has 3 N–H and O–H groups in total. The van der Waals surface area contributed by atoms with Gasteiger partial charge >= 0.3 is 0 Å². The summed E-state index contributed by atoms with van der Waals surface area (Å²) in [5, 5.41) is 3.47. The molecule has 3 aromatic carbocycles. The topological polar surface area (TPSA) is 193 Å². The summed E-state index contributed by atoms with van der Waals surface area (Å²) in [4.78, 5) is 2.62. The first-order valence-corrected chi connectivity index (χ1v) is 24.8. The Hall–Kier alpha value is -2.73. The fourth-order valence-electron chi connectivity index (χ4n) is 6.26. The Balaban J connectivity index is 0.000000749. The van der Waals surface area contributed by atoms with E-state index in [0.717, 1.165) is 55.2 Å². The van der Waals surface area contributed by atoms with Crippen molar-refractivity contribution in [2.75, 3.05) is 54.4 Å². The lowest BCUT2D eigenvalue weighted by Crippen LogP contribution is -3.05. The van der Waals surface area contributed by atoms with Gasteiger partial charge in [0, 0.05) is 25.9 Å². The van der Waals surface area contributed by atoms with Crippen LogP contribution in [0.25, 0.3) is 0 Å². The van der Waals surface area contributed by atoms with Crippen molar-refractivity contribution in [3.05, 3.63) is 89.5 Å². The van der Waals surface area contributed by atoms with E-state index in [-0.39, 0.29) is 14.7 Å². The molecule has 58 heavy (non-hydrogen) atoms. The Morgan fingerprint density at radius 1 is 0.431 bits per heavy atom. The molecule has 0 saturated heterocycles. The van der Waals surface area contributed by atoms with Crippen molar-refractivity contribution < 1.29 is 48.7 Å². The highest BCUT2D eigenvalue weighted by atomic mass is 32.2. The molecule has 332 valence electrons. The fourth-order valence-corrected chi connectivity index (χ4v) is 7.67. The number of hydrogen-bond acceptors (Lipinski definition) is 10. The van der Waals surface area contributed by atoms with E-state index in [1.165, 1.54) is 75.4 Å². The van der Waals surface area contributed by atoms with Gasteiger partial charge in [0.05, 0.1) is 56.0 Å². The quantitative estimate of drug-likeness (QED) is 0.101. The van der Waals surface area contributed by atoms with E-state index in [1.807, 2.05) is 0 Å². The van der Waals surface area contributed by atoms with Gasteiger partial charge in [-0.1, -0.05) is 77.9 Å². The second kappa shape index (κ2) is 28.7. The van der Waals surface area contributed by atoms with Crippen LogP contribution in [-0.2, 0) is 30.4 Å². The van der Waals surface area contributed by atoms with Crippen molar-refractivity contribution in [2.24, 2.45) is 0 Å². The highest BCUT2D eigenvalue weighted by Crippen LogP contribution is 2.26. The lowest BCUT2D eigenvalue weighted by atomic mass is 9.94. The SMILES string of the molecule is CCC(CC)c1ccc(S(=O)(=O)[O-])cc1.CCC(CC)c1ccc(S(=O)(=O)[O-])cc1.CCC(CC)c1ccc(S(=O)(=O)[O-])cc1.C[NH+](C)CCCNCCC[NH+](C)C. The molecule has 3 aromatic rings. The monoisotopic (exact) mass is 870 g/mol. The minimum absolute atomic E-state index is 0.155. The number of rotatable bonds is 20. The second-order valence-electron chi connectivity index (χ2n) is 15.0. The summed E-state index contributed by atoms with van der Waals surface area (Å²) in [6.07, 6.45) is 8.66. The summed E-state index contributed by atoms with van der Waals surface area (Å²) in [5.41, 5.74) is 3.27. The van der Waals surface area contributed by atoms with Gasteiger partial charge in [0.2, 0.25) is 0 Å². The van der Waals surface area contributed by atoms with Crippen LogP contribution in [0.3, 0.4) is 0 Å². The zero-order valence-electron chi connectivity index (χ0n) is 36.5. The van der Waals surface area contributed by atoms with Gasteiger partial charge in [0.25, 0.3) is 0 Å². The van der Waals surface area contributed by atoms with Crippen molar-refractivity contribution in [2.45, 2.75) is 125 Å². The van der Waals surface area contributed by atoms with Gasteiger partial charge in [-0.2, -0.15) is 0 Å². The third kappa shape index (κ3) is 23.2. The molecule has 0 aliphatic rings. The van der Waals surface area contributed by atoms with Gasteiger partial charge in [0.1, 0.15) is 30.4 Å². The van der Waals surface area contributed by atoms with E-state index in [1.54, 1.807) is 46.2 Å². The molecule has 0 aliphatic heterocycles. The highest BCUT2D eigenvalue weighted by molar-refractivity contribution is 7.86. The number of quaternary nitrogens is 2. The molecule has 0 atom stereocenters. The van der Waals surface area contributed by atoms with E-state index < -0.39 is 30.4 Å². The van der Waals surface area contributed by atoms with E-state index in [4.69, 9.17) is 0 Å². The molecule has 0 saturated carbocycles. The van der Waals surface area contributed by atoms with E-state index in [0.29, 0.717) is 17.8 Å². The lowest BCUT2D eigenvalue weighted by Gasteiger charge is -2.14. The summed E-state index contributed by atoms with van der Waals surface area (Å²) in [7, 11) is -4.11. The van der Waals surface area contributed by atoms with Crippen LogP contribution < -0.4 is 15.1 Å². The van der Waals surface area contributed by atoms with Crippen LogP contribution >= 0.6 is 0 Å². The molecule has 0 amide bonds. The van der Waals surface area contributed by atoms with Crippen molar-refractivity contribution in [3.63, 3.8) is 0 Å². The van der Waals surface area contributed by atoms with Crippen LogP contribution in [0.15, 0.2) is 87.5 Å². The van der Waals surface area contributed by atoms with Gasteiger partial charge in [-0.25, -0.2) is 25.3 Å². The average molecular weight is 871 g/mol. The first-order chi connectivity index (χ1) is 27.1. The second-order valence-corrected chi connectivity index (χ2v) is 19.1. The van der Waals surface area contributed by atoms with E-state index in [2.05, 4.69) is 75.0 Å². The normalized spacial score (nSPS) is 11.9. The summed E-state index contributed by atoms with van der Waals surface area (Å²) in [6, 6.07) is 18.7. The van der Waals surface area contributed by atoms with Crippen molar-refractivity contribution in [3.8, 4) is 0 Å². The zero-order valence-corrected chi connectivity index (χ0v) is 39.0. The lowest BCUT2D eigenvalue weighted by molar-refractivity contribution is -0.858. The van der Waals surface area contributed by atoms with E-state index in [9.17, 15) is 38.9 Å². The minimum Gasteiger partial charge on any atom is -0.744 e. The minimum atomic E-state index is -4.31. The Bertz CT molecular complexity index is 1630. The van der Waals surface area contributed by atoms with Crippen molar-refractivity contribution in [1.29, 1.82) is 0 Å². The molecule has 3 rings (SSSR count). The summed E-state index contributed by atoms with van der Waals surface area (Å²) in [6.45, 7) is 17.4. The van der Waals surface area contributed by atoms with Crippen molar-refractivity contribution in [1.82, 2.24) is 5.32 Å². The number of hydrogen-bond donors (Lipinski definition) is 3. The smallest absolute Gasteiger partial charge is 0.124 e. The molecule has 0 fully saturated rings. The number of benzene rings is 3. The maximum Gasteiger partial charge on any atom is 0.124 e. The molecule has 0 unspecified atom stereocenters. The van der Waals surface area contributed by atoms with Crippen LogP contribution in [0.2, 0.25) is 0 Å². The molecule has 15 heteroatoms. The average Bonchev–Trinajstić information content (AvgIpc) is 3.16. The van der Waals surface area contributed by atoms with Crippen LogP contribution in [0.5, 0.6) is 0 Å². The zero-order chi connectivity index (χ0) is 44.5. The molecule has 0 aliphatic carbocycles. The largest absolute Gasteiger partial charge is 0.744 e. The predicted molar refractivity (Wildman–Crippen MR) is 231 cm³/mol. The van der Waals surface area contributed by atoms with Crippen LogP contribution in [0.4, 0.5) is 0 Å². The third-order valence-corrected chi connectivity index (χ3v) is 12.5. The Morgan fingerprint density at radius 3 is 0.793 bits per heavy atom. The maximum absolute atomic E-state index is 10.7. The van der Waals surface area contributed by atoms with Crippen LogP contribution in [-0.4, -0.2) is 93.3 Å². The highest BCUT2D eigenvalue weighted by Gasteiger charge is 2.10. The van der Waals surface area contributed by atoms with Gasteiger partial charge in [-0.05, 0) is 109 Å². The van der Waals surface area contributed by atoms with Gasteiger partial charge in [0.15, 0.2) is 0 Å². The first kappa shape index (κ1) is 55.3. The molecule has 0 spiro atoms. The third-order valence-electron chi connectivity index (χ3n) is 9.94. The van der Waals surface area contributed by atoms with Gasteiger partial charge < -0.3 is 28.8 Å².